The summed E-state index contributed by atoms with van der Waals surface area (Å²) < 4.78 is 11.7. The van der Waals surface area contributed by atoms with E-state index in [1.54, 1.807) is 29.2 Å². The van der Waals surface area contributed by atoms with Gasteiger partial charge in [0.05, 0.1) is 17.0 Å². The van der Waals surface area contributed by atoms with Gasteiger partial charge in [0.1, 0.15) is 17.9 Å². The normalized spacial score (nSPS) is 15.2. The second-order valence-electron chi connectivity index (χ2n) is 8.27. The van der Waals surface area contributed by atoms with Crippen molar-refractivity contribution in [2.45, 2.75) is 26.3 Å². The van der Waals surface area contributed by atoms with Gasteiger partial charge in [0, 0.05) is 11.6 Å². The Morgan fingerprint density at radius 1 is 1.18 bits per heavy atom. The third kappa shape index (κ3) is 4.61. The molecular formula is C27H29ClN2O4. The topological polar surface area (TPSA) is 63.0 Å². The highest BCUT2D eigenvalue weighted by Crippen LogP contribution is 2.39. The van der Waals surface area contributed by atoms with Crippen LogP contribution in [0, 0.1) is 0 Å². The van der Waals surface area contributed by atoms with Crippen molar-refractivity contribution >= 4 is 28.5 Å². The van der Waals surface area contributed by atoms with Gasteiger partial charge in [-0.25, -0.2) is 0 Å². The van der Waals surface area contributed by atoms with Gasteiger partial charge in [0.25, 0.3) is 5.91 Å². The smallest absolute Gasteiger partial charge is 0.290 e. The maximum absolute atomic E-state index is 13.6. The number of fused-ring (bicyclic) bond motifs is 2. The van der Waals surface area contributed by atoms with Crippen LogP contribution in [-0.2, 0) is 0 Å². The second kappa shape index (κ2) is 10.5. The van der Waals surface area contributed by atoms with Crippen LogP contribution in [0.3, 0.4) is 0 Å². The van der Waals surface area contributed by atoms with Crippen LogP contribution < -0.4 is 10.2 Å². The number of hydrogen-bond acceptors (Lipinski definition) is 5. The van der Waals surface area contributed by atoms with Crippen molar-refractivity contribution in [1.82, 2.24) is 9.80 Å². The molecule has 0 N–H and O–H groups in total. The van der Waals surface area contributed by atoms with Crippen molar-refractivity contribution in [2.75, 3.05) is 32.8 Å². The molecule has 1 unspecified atom stereocenters. The molecule has 6 nitrogen and oxygen atoms in total. The summed E-state index contributed by atoms with van der Waals surface area (Å²) in [6.07, 6.45) is 2.45. The summed E-state index contributed by atoms with van der Waals surface area (Å²) >= 11 is 6.16. The number of ether oxygens (including phenoxy) is 1. The number of carbonyl (C=O) groups is 1. The summed E-state index contributed by atoms with van der Waals surface area (Å²) in [5.41, 5.74) is 1.27. The molecular weight excluding hydrogens is 452 g/mol. The van der Waals surface area contributed by atoms with Gasteiger partial charge in [-0.3, -0.25) is 9.59 Å². The van der Waals surface area contributed by atoms with E-state index >= 15 is 0 Å². The maximum Gasteiger partial charge on any atom is 0.290 e. The zero-order valence-corrected chi connectivity index (χ0v) is 20.3. The number of halogens is 1. The Labute approximate surface area is 204 Å². The first kappa shape index (κ1) is 24.0. The van der Waals surface area contributed by atoms with Crippen LogP contribution >= 0.6 is 11.6 Å². The monoisotopic (exact) mass is 480 g/mol. The van der Waals surface area contributed by atoms with Crippen LogP contribution in [-0.4, -0.2) is 48.5 Å². The Morgan fingerprint density at radius 3 is 2.71 bits per heavy atom. The molecule has 0 bridgehead atoms. The summed E-state index contributed by atoms with van der Waals surface area (Å²) in [4.78, 5) is 31.2. The first-order chi connectivity index (χ1) is 16.5. The molecule has 2 heterocycles. The molecule has 1 aliphatic rings. The predicted molar refractivity (Wildman–Crippen MR) is 135 cm³/mol. The predicted octanol–water partition coefficient (Wildman–Crippen LogP) is 5.29. The Bertz CT molecular complexity index is 1270. The highest BCUT2D eigenvalue weighted by atomic mass is 35.5. The molecule has 3 aromatic rings. The molecule has 1 amide bonds. The summed E-state index contributed by atoms with van der Waals surface area (Å²) in [5.74, 6) is 0.477. The van der Waals surface area contributed by atoms with Crippen LogP contribution in [0.1, 0.15) is 48.0 Å². The Balaban J connectivity index is 1.80. The molecule has 0 saturated heterocycles. The van der Waals surface area contributed by atoms with Gasteiger partial charge >= 0.3 is 0 Å². The SMILES string of the molecule is C=CCOc1cccc(C2c3c(oc4ccc(Cl)cc4c3=O)C(=O)N2CCCN(CC)CC)c1. The van der Waals surface area contributed by atoms with Gasteiger partial charge in [0.15, 0.2) is 5.43 Å². The summed E-state index contributed by atoms with van der Waals surface area (Å²) in [6, 6.07) is 11.8. The van der Waals surface area contributed by atoms with Crippen LogP contribution in [0.15, 0.2) is 64.3 Å². The van der Waals surface area contributed by atoms with Crippen LogP contribution in [0.4, 0.5) is 0 Å². The van der Waals surface area contributed by atoms with Crippen molar-refractivity contribution in [3.05, 3.63) is 87.3 Å². The Morgan fingerprint density at radius 2 is 1.97 bits per heavy atom. The van der Waals surface area contributed by atoms with Crippen molar-refractivity contribution in [2.24, 2.45) is 0 Å². The fraction of sp³-hybridized carbons (Fsp3) is 0.333. The van der Waals surface area contributed by atoms with E-state index in [0.29, 0.717) is 40.5 Å². The largest absolute Gasteiger partial charge is 0.490 e. The van der Waals surface area contributed by atoms with Gasteiger partial charge in [0.2, 0.25) is 5.76 Å². The average molecular weight is 481 g/mol. The lowest BCUT2D eigenvalue weighted by Gasteiger charge is -2.27. The second-order valence-corrected chi connectivity index (χ2v) is 8.70. The maximum atomic E-state index is 13.6. The third-order valence-corrected chi connectivity index (χ3v) is 6.47. The lowest BCUT2D eigenvalue weighted by atomic mass is 9.98. The summed E-state index contributed by atoms with van der Waals surface area (Å²) in [7, 11) is 0. The molecule has 178 valence electrons. The van der Waals surface area contributed by atoms with Gasteiger partial charge in [-0.05, 0) is 62.0 Å². The number of benzene rings is 2. The van der Waals surface area contributed by atoms with Gasteiger partial charge in [-0.1, -0.05) is 50.2 Å². The molecule has 0 spiro atoms. The molecule has 0 saturated carbocycles. The minimum absolute atomic E-state index is 0.102. The van der Waals surface area contributed by atoms with Gasteiger partial charge < -0.3 is 19.0 Å². The Kier molecular flexibility index (Phi) is 7.39. The number of rotatable bonds is 10. The van der Waals surface area contributed by atoms with E-state index in [-0.39, 0.29) is 17.1 Å². The molecule has 1 atom stereocenters. The van der Waals surface area contributed by atoms with E-state index < -0.39 is 6.04 Å². The zero-order chi connectivity index (χ0) is 24.2. The summed E-state index contributed by atoms with van der Waals surface area (Å²) in [6.45, 7) is 11.6. The zero-order valence-electron chi connectivity index (χ0n) is 19.6. The molecule has 34 heavy (non-hydrogen) atoms. The molecule has 0 aliphatic carbocycles. The fourth-order valence-electron chi connectivity index (χ4n) is 4.50. The van der Waals surface area contributed by atoms with Crippen molar-refractivity contribution < 1.29 is 13.9 Å². The van der Waals surface area contributed by atoms with E-state index in [1.165, 1.54) is 0 Å². The lowest BCUT2D eigenvalue weighted by molar-refractivity contribution is 0.0720. The van der Waals surface area contributed by atoms with Gasteiger partial charge in [-0.2, -0.15) is 0 Å². The standard InChI is InChI=1S/C27H29ClN2O4/c1-4-15-33-20-10-7-9-18(16-20)24-23-25(31)21-17-19(28)11-12-22(21)34-26(23)27(32)30(24)14-8-13-29(5-2)6-3/h4,7,9-12,16-17,24H,1,5-6,8,13-15H2,2-3H3. The van der Waals surface area contributed by atoms with E-state index in [1.807, 2.05) is 24.3 Å². The molecule has 1 aliphatic heterocycles. The number of carbonyl (C=O) groups excluding carboxylic acids is 1. The van der Waals surface area contributed by atoms with Gasteiger partial charge in [-0.15, -0.1) is 0 Å². The first-order valence-corrected chi connectivity index (χ1v) is 12.0. The number of nitrogens with zero attached hydrogens (tertiary/aromatic N) is 2. The number of amides is 1. The average Bonchev–Trinajstić information content (AvgIpc) is 3.13. The highest BCUT2D eigenvalue weighted by Gasteiger charge is 2.42. The first-order valence-electron chi connectivity index (χ1n) is 11.6. The quantitative estimate of drug-likeness (QED) is 0.369. The van der Waals surface area contributed by atoms with E-state index in [0.717, 1.165) is 31.6 Å². The molecule has 7 heteroatoms. The minimum Gasteiger partial charge on any atom is -0.490 e. The van der Waals surface area contributed by atoms with Crippen LogP contribution in [0.25, 0.3) is 11.0 Å². The van der Waals surface area contributed by atoms with Crippen molar-refractivity contribution in [1.29, 1.82) is 0 Å². The van der Waals surface area contributed by atoms with Crippen molar-refractivity contribution in [3.63, 3.8) is 0 Å². The van der Waals surface area contributed by atoms with E-state index in [2.05, 4.69) is 25.3 Å². The Hall–Kier alpha value is -3.09. The van der Waals surface area contributed by atoms with E-state index in [9.17, 15) is 9.59 Å². The van der Waals surface area contributed by atoms with Crippen LogP contribution in [0.5, 0.6) is 5.75 Å². The van der Waals surface area contributed by atoms with Crippen LogP contribution in [0.2, 0.25) is 5.02 Å². The minimum atomic E-state index is -0.564. The molecule has 2 aromatic carbocycles. The van der Waals surface area contributed by atoms with E-state index in [4.69, 9.17) is 20.8 Å². The van der Waals surface area contributed by atoms with Crippen molar-refractivity contribution in [3.8, 4) is 5.75 Å². The lowest BCUT2D eigenvalue weighted by Crippen LogP contribution is -2.33. The molecule has 0 fully saturated rings. The molecule has 1 aromatic heterocycles. The molecule has 0 radical (unpaired) electrons. The third-order valence-electron chi connectivity index (χ3n) is 6.24. The highest BCUT2D eigenvalue weighted by molar-refractivity contribution is 6.31. The summed E-state index contributed by atoms with van der Waals surface area (Å²) in [5, 5.41) is 0.810. The number of hydrogen-bond donors (Lipinski definition) is 0. The fourth-order valence-corrected chi connectivity index (χ4v) is 4.68. The molecule has 4 rings (SSSR count).